The fourth-order valence-electron chi connectivity index (χ4n) is 3.26. The first-order valence-corrected chi connectivity index (χ1v) is 9.25. The predicted octanol–water partition coefficient (Wildman–Crippen LogP) is 6.59. The average Bonchev–Trinajstić information content (AvgIpc) is 3.09. The van der Waals surface area contributed by atoms with Crippen LogP contribution in [-0.2, 0) is 6.42 Å². The number of benzene rings is 3. The van der Waals surface area contributed by atoms with Crippen LogP contribution in [0.25, 0.3) is 28.3 Å². The minimum atomic E-state index is 0.699. The summed E-state index contributed by atoms with van der Waals surface area (Å²) in [4.78, 5) is 5.00. The summed E-state index contributed by atoms with van der Waals surface area (Å²) in [6.45, 7) is 3.92. The van der Waals surface area contributed by atoms with Gasteiger partial charge >= 0.3 is 0 Å². The fraction of sp³-hybridized carbons (Fsp3) is 0.0417. The van der Waals surface area contributed by atoms with E-state index in [4.69, 9.17) is 16.6 Å². The predicted molar refractivity (Wildman–Crippen MR) is 113 cm³/mol. The maximum absolute atomic E-state index is 6.13. The van der Waals surface area contributed by atoms with Gasteiger partial charge in [-0.2, -0.15) is 0 Å². The summed E-state index contributed by atoms with van der Waals surface area (Å²) in [6.07, 6.45) is 2.60. The molecular formula is C24H19ClN2. The van der Waals surface area contributed by atoms with Gasteiger partial charge < -0.3 is 0 Å². The van der Waals surface area contributed by atoms with Crippen molar-refractivity contribution in [2.24, 2.45) is 0 Å². The van der Waals surface area contributed by atoms with Crippen LogP contribution in [0.2, 0.25) is 5.02 Å². The van der Waals surface area contributed by atoms with Gasteiger partial charge in [0.25, 0.3) is 0 Å². The molecule has 0 N–H and O–H groups in total. The topological polar surface area (TPSA) is 17.8 Å². The molecule has 3 aromatic carbocycles. The number of hydrogen-bond acceptors (Lipinski definition) is 1. The Hall–Kier alpha value is -3.10. The van der Waals surface area contributed by atoms with Gasteiger partial charge in [-0.1, -0.05) is 78.3 Å². The van der Waals surface area contributed by atoms with Crippen LogP contribution < -0.4 is 0 Å². The fourth-order valence-corrected chi connectivity index (χ4v) is 3.38. The van der Waals surface area contributed by atoms with E-state index in [-0.39, 0.29) is 0 Å². The molecule has 27 heavy (non-hydrogen) atoms. The van der Waals surface area contributed by atoms with Crippen LogP contribution >= 0.6 is 11.6 Å². The normalized spacial score (nSPS) is 10.7. The molecule has 0 radical (unpaired) electrons. The summed E-state index contributed by atoms with van der Waals surface area (Å²) >= 11 is 6.13. The molecule has 0 atom stereocenters. The van der Waals surface area contributed by atoms with Crippen LogP contribution in [-0.4, -0.2) is 9.55 Å². The molecule has 0 aliphatic carbocycles. The molecule has 0 aliphatic heterocycles. The first-order valence-electron chi connectivity index (χ1n) is 8.87. The molecule has 2 nitrogen and oxygen atoms in total. The Bertz CT molecular complexity index is 1050. The second-order valence-electron chi connectivity index (χ2n) is 6.27. The van der Waals surface area contributed by atoms with E-state index in [1.54, 1.807) is 0 Å². The van der Waals surface area contributed by atoms with E-state index in [0.29, 0.717) is 11.4 Å². The summed E-state index contributed by atoms with van der Waals surface area (Å²) in [5, 5.41) is 0.715. The molecule has 1 heterocycles. The standard InChI is InChI=1S/C24H19ClN2/c1-2-9-22-23(18-10-5-3-6-11-18)27(21-16-14-20(25)15-17-21)24(26-22)19-12-7-4-8-13-19/h2-8,10-17H,1,9H2. The smallest absolute Gasteiger partial charge is 0.145 e. The molecule has 0 amide bonds. The maximum Gasteiger partial charge on any atom is 0.145 e. The minimum Gasteiger partial charge on any atom is -0.292 e. The van der Waals surface area contributed by atoms with Crippen molar-refractivity contribution in [3.8, 4) is 28.3 Å². The Morgan fingerprint density at radius 1 is 0.815 bits per heavy atom. The summed E-state index contributed by atoms with van der Waals surface area (Å²) < 4.78 is 2.21. The number of allylic oxidation sites excluding steroid dienone is 1. The first kappa shape index (κ1) is 17.3. The summed E-state index contributed by atoms with van der Waals surface area (Å²) in [6, 6.07) is 28.5. The molecule has 1 aromatic heterocycles. The monoisotopic (exact) mass is 370 g/mol. The number of halogens is 1. The van der Waals surface area contributed by atoms with Crippen molar-refractivity contribution >= 4 is 11.6 Å². The van der Waals surface area contributed by atoms with E-state index in [2.05, 4.69) is 47.5 Å². The molecule has 0 saturated carbocycles. The van der Waals surface area contributed by atoms with Gasteiger partial charge in [-0.05, 0) is 24.3 Å². The van der Waals surface area contributed by atoms with Crippen LogP contribution in [0.5, 0.6) is 0 Å². The second kappa shape index (κ2) is 7.65. The summed E-state index contributed by atoms with van der Waals surface area (Å²) in [7, 11) is 0. The lowest BCUT2D eigenvalue weighted by Gasteiger charge is -2.13. The Morgan fingerprint density at radius 2 is 1.41 bits per heavy atom. The zero-order valence-electron chi connectivity index (χ0n) is 14.8. The minimum absolute atomic E-state index is 0.699. The zero-order chi connectivity index (χ0) is 18.6. The third kappa shape index (κ3) is 3.44. The van der Waals surface area contributed by atoms with E-state index in [0.717, 1.165) is 34.0 Å². The molecule has 132 valence electrons. The van der Waals surface area contributed by atoms with Crippen molar-refractivity contribution in [3.63, 3.8) is 0 Å². The van der Waals surface area contributed by atoms with E-state index < -0.39 is 0 Å². The average molecular weight is 371 g/mol. The van der Waals surface area contributed by atoms with E-state index in [9.17, 15) is 0 Å². The maximum atomic E-state index is 6.13. The third-order valence-corrected chi connectivity index (χ3v) is 4.70. The Morgan fingerprint density at radius 3 is 2.00 bits per heavy atom. The number of imidazole rings is 1. The highest BCUT2D eigenvalue weighted by Crippen LogP contribution is 2.34. The van der Waals surface area contributed by atoms with Crippen molar-refractivity contribution in [1.82, 2.24) is 9.55 Å². The molecule has 4 aromatic rings. The molecule has 0 fully saturated rings. The van der Waals surface area contributed by atoms with Crippen LogP contribution in [0.1, 0.15) is 5.69 Å². The number of aromatic nitrogens is 2. The van der Waals surface area contributed by atoms with Crippen LogP contribution in [0.4, 0.5) is 0 Å². The highest BCUT2D eigenvalue weighted by atomic mass is 35.5. The molecule has 0 aliphatic rings. The lowest BCUT2D eigenvalue weighted by molar-refractivity contribution is 1.07. The molecule has 0 bridgehead atoms. The molecule has 0 saturated heterocycles. The van der Waals surface area contributed by atoms with E-state index in [1.165, 1.54) is 0 Å². The Balaban J connectivity index is 2.05. The highest BCUT2D eigenvalue weighted by molar-refractivity contribution is 6.30. The number of rotatable bonds is 5. The second-order valence-corrected chi connectivity index (χ2v) is 6.70. The number of hydrogen-bond donors (Lipinski definition) is 0. The van der Waals surface area contributed by atoms with Gasteiger partial charge in [0.15, 0.2) is 0 Å². The van der Waals surface area contributed by atoms with Crippen molar-refractivity contribution in [3.05, 3.63) is 108 Å². The highest BCUT2D eigenvalue weighted by Gasteiger charge is 2.20. The van der Waals surface area contributed by atoms with Gasteiger partial charge in [-0.15, -0.1) is 6.58 Å². The van der Waals surface area contributed by atoms with Gasteiger partial charge in [0.1, 0.15) is 5.82 Å². The van der Waals surface area contributed by atoms with E-state index in [1.807, 2.05) is 54.6 Å². The lowest BCUT2D eigenvalue weighted by atomic mass is 10.1. The number of nitrogens with zero attached hydrogens (tertiary/aromatic N) is 2. The molecule has 0 unspecified atom stereocenters. The lowest BCUT2D eigenvalue weighted by Crippen LogP contribution is -2.00. The van der Waals surface area contributed by atoms with Gasteiger partial charge in [0, 0.05) is 28.3 Å². The van der Waals surface area contributed by atoms with Crippen LogP contribution in [0, 0.1) is 0 Å². The third-order valence-electron chi connectivity index (χ3n) is 4.45. The van der Waals surface area contributed by atoms with Gasteiger partial charge in [-0.3, -0.25) is 4.57 Å². The Kier molecular flexibility index (Phi) is 4.91. The van der Waals surface area contributed by atoms with Gasteiger partial charge in [0.05, 0.1) is 11.4 Å². The van der Waals surface area contributed by atoms with Crippen molar-refractivity contribution in [1.29, 1.82) is 0 Å². The van der Waals surface area contributed by atoms with Crippen molar-refractivity contribution in [2.75, 3.05) is 0 Å². The van der Waals surface area contributed by atoms with Gasteiger partial charge in [-0.25, -0.2) is 4.98 Å². The van der Waals surface area contributed by atoms with Crippen LogP contribution in [0.15, 0.2) is 97.6 Å². The SMILES string of the molecule is C=CCc1nc(-c2ccccc2)n(-c2ccc(Cl)cc2)c1-c1ccccc1. The molecular weight excluding hydrogens is 352 g/mol. The van der Waals surface area contributed by atoms with Crippen LogP contribution in [0.3, 0.4) is 0 Å². The quantitative estimate of drug-likeness (QED) is 0.362. The van der Waals surface area contributed by atoms with E-state index >= 15 is 0 Å². The zero-order valence-corrected chi connectivity index (χ0v) is 15.6. The van der Waals surface area contributed by atoms with Crippen molar-refractivity contribution < 1.29 is 0 Å². The summed E-state index contributed by atoms with van der Waals surface area (Å²) in [5.74, 6) is 0.911. The molecule has 4 rings (SSSR count). The summed E-state index contributed by atoms with van der Waals surface area (Å²) in [5.41, 5.74) is 5.31. The molecule has 3 heteroatoms. The first-order chi connectivity index (χ1) is 13.3. The Labute approximate surface area is 164 Å². The van der Waals surface area contributed by atoms with Gasteiger partial charge in [0.2, 0.25) is 0 Å². The largest absolute Gasteiger partial charge is 0.292 e. The van der Waals surface area contributed by atoms with Crippen molar-refractivity contribution in [2.45, 2.75) is 6.42 Å². The molecule has 0 spiro atoms.